The highest BCUT2D eigenvalue weighted by atomic mass is 79.9. The fourth-order valence-electron chi connectivity index (χ4n) is 1.76. The van der Waals surface area contributed by atoms with Crippen molar-refractivity contribution in [3.63, 3.8) is 0 Å². The number of nitrogens with one attached hydrogen (secondary N) is 1. The van der Waals surface area contributed by atoms with Gasteiger partial charge in [0.25, 0.3) is 0 Å². The second-order valence-electron chi connectivity index (χ2n) is 4.06. The predicted molar refractivity (Wildman–Crippen MR) is 79.7 cm³/mol. The van der Waals surface area contributed by atoms with Gasteiger partial charge < -0.3 is 11.1 Å². The molecule has 0 aliphatic rings. The van der Waals surface area contributed by atoms with Crippen LogP contribution >= 0.6 is 15.9 Å². The van der Waals surface area contributed by atoms with Crippen molar-refractivity contribution in [2.24, 2.45) is 0 Å². The van der Waals surface area contributed by atoms with Crippen LogP contribution in [0.5, 0.6) is 0 Å². The van der Waals surface area contributed by atoms with Crippen molar-refractivity contribution in [2.45, 2.75) is 6.92 Å². The molecular weight excluding hydrogens is 310 g/mol. The van der Waals surface area contributed by atoms with Crippen LogP contribution in [0, 0.1) is 17.0 Å². The molecule has 19 heavy (non-hydrogen) atoms. The number of nitro groups is 1. The number of hydrogen-bond acceptors (Lipinski definition) is 4. The normalized spacial score (nSPS) is 10.2. The maximum absolute atomic E-state index is 11.1. The van der Waals surface area contributed by atoms with Crippen molar-refractivity contribution in [1.82, 2.24) is 0 Å². The first kappa shape index (κ1) is 13.4. The van der Waals surface area contributed by atoms with Gasteiger partial charge in [-0.25, -0.2) is 0 Å². The van der Waals surface area contributed by atoms with E-state index in [4.69, 9.17) is 5.73 Å². The van der Waals surface area contributed by atoms with E-state index in [2.05, 4.69) is 21.2 Å². The van der Waals surface area contributed by atoms with Gasteiger partial charge in [-0.3, -0.25) is 10.1 Å². The fourth-order valence-corrected chi connectivity index (χ4v) is 2.12. The molecule has 0 aliphatic heterocycles. The van der Waals surface area contributed by atoms with Gasteiger partial charge in [-0.05, 0) is 46.6 Å². The van der Waals surface area contributed by atoms with E-state index in [1.54, 1.807) is 12.1 Å². The van der Waals surface area contributed by atoms with Crippen LogP contribution < -0.4 is 11.1 Å². The molecule has 3 N–H and O–H groups in total. The lowest BCUT2D eigenvalue weighted by Crippen LogP contribution is -2.01. The largest absolute Gasteiger partial charge is 0.393 e. The molecule has 0 heterocycles. The average molecular weight is 322 g/mol. The first-order valence-electron chi connectivity index (χ1n) is 5.55. The molecule has 0 spiro atoms. The van der Waals surface area contributed by atoms with E-state index in [1.807, 2.05) is 25.1 Å². The zero-order valence-electron chi connectivity index (χ0n) is 10.2. The van der Waals surface area contributed by atoms with Gasteiger partial charge in [-0.2, -0.15) is 0 Å². The fraction of sp³-hybridized carbons (Fsp3) is 0.0769. The molecular formula is C13H12BrN3O2. The highest BCUT2D eigenvalue weighted by molar-refractivity contribution is 9.10. The first-order valence-corrected chi connectivity index (χ1v) is 6.35. The molecule has 0 amide bonds. The van der Waals surface area contributed by atoms with Crippen molar-refractivity contribution >= 4 is 38.7 Å². The van der Waals surface area contributed by atoms with Gasteiger partial charge in [0.1, 0.15) is 11.4 Å². The number of hydrogen-bond donors (Lipinski definition) is 2. The Balaban J connectivity index is 2.47. The molecule has 0 aliphatic carbocycles. The summed E-state index contributed by atoms with van der Waals surface area (Å²) in [5, 5.41) is 14.1. The Morgan fingerprint density at radius 1 is 1.21 bits per heavy atom. The Hall–Kier alpha value is -2.08. The summed E-state index contributed by atoms with van der Waals surface area (Å²) in [4.78, 5) is 10.6. The minimum absolute atomic E-state index is 0.115. The molecule has 2 aromatic rings. The molecule has 2 rings (SSSR count). The third kappa shape index (κ3) is 2.68. The van der Waals surface area contributed by atoms with Crippen LogP contribution in [-0.4, -0.2) is 4.92 Å². The number of benzene rings is 2. The monoisotopic (exact) mass is 321 g/mol. The highest BCUT2D eigenvalue weighted by Gasteiger charge is 2.18. The quantitative estimate of drug-likeness (QED) is 0.508. The standard InChI is InChI=1S/C13H12BrN3O2/c1-8-4-2-6-10(12(8)14)16-11-7-3-5-9(15)13(11)17(18)19/h2-7,16H,15H2,1H3. The van der Waals surface area contributed by atoms with Crippen molar-refractivity contribution in [2.75, 3.05) is 11.1 Å². The van der Waals surface area contributed by atoms with Gasteiger partial charge in [0.15, 0.2) is 0 Å². The molecule has 6 heteroatoms. The number of para-hydroxylation sites is 1. The van der Waals surface area contributed by atoms with Crippen LogP contribution in [0.2, 0.25) is 0 Å². The maximum atomic E-state index is 11.1. The van der Waals surface area contributed by atoms with Gasteiger partial charge in [0.2, 0.25) is 0 Å². The van der Waals surface area contributed by atoms with Gasteiger partial charge in [-0.15, -0.1) is 0 Å². The van der Waals surface area contributed by atoms with Crippen molar-refractivity contribution < 1.29 is 4.92 Å². The predicted octanol–water partition coefficient (Wildman–Crippen LogP) is 3.99. The Morgan fingerprint density at radius 3 is 2.53 bits per heavy atom. The van der Waals surface area contributed by atoms with Gasteiger partial charge >= 0.3 is 5.69 Å². The molecule has 0 fully saturated rings. The molecule has 0 bridgehead atoms. The van der Waals surface area contributed by atoms with Gasteiger partial charge in [-0.1, -0.05) is 18.2 Å². The lowest BCUT2D eigenvalue weighted by molar-refractivity contribution is -0.383. The van der Waals surface area contributed by atoms with Crippen LogP contribution in [0.4, 0.5) is 22.7 Å². The second kappa shape index (κ2) is 5.27. The molecule has 98 valence electrons. The second-order valence-corrected chi connectivity index (χ2v) is 4.85. The zero-order valence-corrected chi connectivity index (χ0v) is 11.8. The number of halogens is 1. The number of nitrogens with zero attached hydrogens (tertiary/aromatic N) is 1. The topological polar surface area (TPSA) is 81.2 Å². The van der Waals surface area contributed by atoms with Gasteiger partial charge in [0.05, 0.1) is 10.6 Å². The number of nitro benzene ring substituents is 1. The summed E-state index contributed by atoms with van der Waals surface area (Å²) in [6, 6.07) is 10.5. The Bertz CT molecular complexity index is 644. The SMILES string of the molecule is Cc1cccc(Nc2cccc(N)c2[N+](=O)[O-])c1Br. The summed E-state index contributed by atoms with van der Waals surface area (Å²) < 4.78 is 0.867. The van der Waals surface area contributed by atoms with E-state index in [1.165, 1.54) is 6.07 Å². The zero-order chi connectivity index (χ0) is 14.0. The summed E-state index contributed by atoms with van der Waals surface area (Å²) in [6.45, 7) is 1.95. The molecule has 0 aromatic heterocycles. The molecule has 5 nitrogen and oxygen atoms in total. The molecule has 0 atom stereocenters. The summed E-state index contributed by atoms with van der Waals surface area (Å²) >= 11 is 3.45. The van der Waals surface area contributed by atoms with Crippen molar-refractivity contribution in [3.8, 4) is 0 Å². The van der Waals surface area contributed by atoms with E-state index in [0.717, 1.165) is 15.7 Å². The van der Waals surface area contributed by atoms with Crippen LogP contribution in [-0.2, 0) is 0 Å². The highest BCUT2D eigenvalue weighted by Crippen LogP contribution is 2.35. The Labute approximate surface area is 118 Å². The lowest BCUT2D eigenvalue weighted by Gasteiger charge is -2.11. The maximum Gasteiger partial charge on any atom is 0.315 e. The van der Waals surface area contributed by atoms with E-state index < -0.39 is 4.92 Å². The van der Waals surface area contributed by atoms with E-state index in [0.29, 0.717) is 5.69 Å². The smallest absolute Gasteiger partial charge is 0.315 e. The molecule has 0 radical (unpaired) electrons. The van der Waals surface area contributed by atoms with Crippen LogP contribution in [0.15, 0.2) is 40.9 Å². The number of aryl methyl sites for hydroxylation is 1. The molecule has 0 unspecified atom stereocenters. The van der Waals surface area contributed by atoms with Crippen molar-refractivity contribution in [1.29, 1.82) is 0 Å². The molecule has 0 saturated carbocycles. The Kier molecular flexibility index (Phi) is 3.71. The van der Waals surface area contributed by atoms with Crippen LogP contribution in [0.3, 0.4) is 0 Å². The van der Waals surface area contributed by atoms with E-state index >= 15 is 0 Å². The van der Waals surface area contributed by atoms with Crippen LogP contribution in [0.25, 0.3) is 0 Å². The molecule has 0 saturated heterocycles. The molecule has 2 aromatic carbocycles. The summed E-state index contributed by atoms with van der Waals surface area (Å²) in [6.07, 6.45) is 0. The van der Waals surface area contributed by atoms with Gasteiger partial charge in [0, 0.05) is 4.47 Å². The number of rotatable bonds is 3. The first-order chi connectivity index (χ1) is 9.00. The summed E-state index contributed by atoms with van der Waals surface area (Å²) in [5.74, 6) is 0. The summed E-state index contributed by atoms with van der Waals surface area (Å²) in [7, 11) is 0. The number of nitrogen functional groups attached to an aromatic ring is 1. The lowest BCUT2D eigenvalue weighted by atomic mass is 10.2. The Morgan fingerprint density at radius 2 is 1.84 bits per heavy atom. The summed E-state index contributed by atoms with van der Waals surface area (Å²) in [5.41, 5.74) is 7.84. The minimum atomic E-state index is -0.485. The third-order valence-corrected chi connectivity index (χ3v) is 3.76. The van der Waals surface area contributed by atoms with E-state index in [-0.39, 0.29) is 11.4 Å². The number of anilines is 3. The average Bonchev–Trinajstić information content (AvgIpc) is 2.34. The third-order valence-electron chi connectivity index (χ3n) is 2.71. The number of nitrogens with two attached hydrogens (primary N) is 1. The van der Waals surface area contributed by atoms with E-state index in [9.17, 15) is 10.1 Å². The van der Waals surface area contributed by atoms with Crippen LogP contribution in [0.1, 0.15) is 5.56 Å². The minimum Gasteiger partial charge on any atom is -0.393 e. The van der Waals surface area contributed by atoms with Crippen molar-refractivity contribution in [3.05, 3.63) is 56.5 Å².